The zero-order chi connectivity index (χ0) is 16.4. The average molecular weight is 318 g/mol. The Balaban J connectivity index is 1.27. The van der Waals surface area contributed by atoms with Gasteiger partial charge in [-0.2, -0.15) is 0 Å². The van der Waals surface area contributed by atoms with E-state index < -0.39 is 0 Å². The summed E-state index contributed by atoms with van der Waals surface area (Å²) in [5, 5.41) is 0. The minimum atomic E-state index is 0.712. The monoisotopic (exact) mass is 318 g/mol. The second kappa shape index (κ2) is 6.92. The van der Waals surface area contributed by atoms with E-state index in [2.05, 4.69) is 77.5 Å². The maximum atomic E-state index is 2.62. The molecular weight excluding hydrogens is 292 g/mol. The Labute approximate surface area is 145 Å². The van der Waals surface area contributed by atoms with Crippen LogP contribution in [0.15, 0.2) is 54.6 Å². The third-order valence-corrected chi connectivity index (χ3v) is 5.49. The number of piperidine rings is 1. The highest BCUT2D eigenvalue weighted by Crippen LogP contribution is 2.33. The van der Waals surface area contributed by atoms with Gasteiger partial charge in [-0.05, 0) is 61.3 Å². The highest BCUT2D eigenvalue weighted by Gasteiger charge is 2.24. The van der Waals surface area contributed by atoms with Crippen LogP contribution in [0.1, 0.15) is 29.5 Å². The molecule has 1 heterocycles. The summed E-state index contributed by atoms with van der Waals surface area (Å²) in [5.74, 6) is 0. The van der Waals surface area contributed by atoms with Crippen LogP contribution in [0.4, 0.5) is 0 Å². The van der Waals surface area contributed by atoms with Gasteiger partial charge in [-0.15, -0.1) is 0 Å². The first-order chi connectivity index (χ1) is 11.8. The SMILES string of the molecule is CN(Cc1ccccc1)C1CCN(CC2=Cc3ccccc32)CC1. The van der Waals surface area contributed by atoms with Crippen LogP contribution >= 0.6 is 0 Å². The van der Waals surface area contributed by atoms with Crippen molar-refractivity contribution in [3.63, 3.8) is 0 Å². The summed E-state index contributed by atoms with van der Waals surface area (Å²) in [7, 11) is 2.28. The fourth-order valence-electron chi connectivity index (χ4n) is 3.99. The lowest BCUT2D eigenvalue weighted by Crippen LogP contribution is -2.43. The highest BCUT2D eigenvalue weighted by atomic mass is 15.2. The summed E-state index contributed by atoms with van der Waals surface area (Å²) in [5.41, 5.74) is 5.80. The number of rotatable bonds is 5. The summed E-state index contributed by atoms with van der Waals surface area (Å²) in [4.78, 5) is 5.15. The molecule has 1 saturated heterocycles. The zero-order valence-corrected chi connectivity index (χ0v) is 14.5. The van der Waals surface area contributed by atoms with Crippen molar-refractivity contribution in [1.29, 1.82) is 0 Å². The van der Waals surface area contributed by atoms with Crippen LogP contribution in [0, 0.1) is 0 Å². The normalized spacial score (nSPS) is 18.2. The van der Waals surface area contributed by atoms with Crippen molar-refractivity contribution in [3.8, 4) is 0 Å². The van der Waals surface area contributed by atoms with Crippen LogP contribution in [-0.2, 0) is 6.54 Å². The molecule has 4 rings (SSSR count). The molecule has 0 spiro atoms. The van der Waals surface area contributed by atoms with Crippen molar-refractivity contribution >= 4 is 11.6 Å². The third-order valence-electron chi connectivity index (χ3n) is 5.49. The molecule has 0 bridgehead atoms. The van der Waals surface area contributed by atoms with Crippen molar-refractivity contribution in [3.05, 3.63) is 71.3 Å². The Morgan fingerprint density at radius 2 is 1.67 bits per heavy atom. The van der Waals surface area contributed by atoms with Crippen molar-refractivity contribution in [2.75, 3.05) is 26.7 Å². The Hall–Kier alpha value is -1.90. The van der Waals surface area contributed by atoms with Gasteiger partial charge in [0.2, 0.25) is 0 Å². The molecule has 0 saturated carbocycles. The van der Waals surface area contributed by atoms with Crippen molar-refractivity contribution in [2.24, 2.45) is 0 Å². The molecule has 1 fully saturated rings. The Morgan fingerprint density at radius 1 is 0.958 bits per heavy atom. The average Bonchev–Trinajstić information content (AvgIpc) is 2.61. The second-order valence-corrected chi connectivity index (χ2v) is 7.16. The van der Waals surface area contributed by atoms with Crippen molar-refractivity contribution in [1.82, 2.24) is 9.80 Å². The first kappa shape index (κ1) is 15.6. The lowest BCUT2D eigenvalue weighted by atomic mass is 9.88. The standard InChI is InChI=1S/C22H26N2/c1-23(16-18-7-3-2-4-8-18)21-11-13-24(14-12-21)17-20-15-19-9-5-6-10-22(19)20/h2-10,15,21H,11-14,16-17H2,1H3. The van der Waals surface area contributed by atoms with Gasteiger partial charge in [-0.25, -0.2) is 0 Å². The van der Waals surface area contributed by atoms with E-state index >= 15 is 0 Å². The first-order valence-corrected chi connectivity index (χ1v) is 9.06. The predicted molar refractivity (Wildman–Crippen MR) is 102 cm³/mol. The Kier molecular flexibility index (Phi) is 4.50. The van der Waals surface area contributed by atoms with Gasteiger partial charge in [0.1, 0.15) is 0 Å². The van der Waals surface area contributed by atoms with E-state index in [1.54, 1.807) is 0 Å². The number of hydrogen-bond acceptors (Lipinski definition) is 2. The lowest BCUT2D eigenvalue weighted by Gasteiger charge is -2.38. The van der Waals surface area contributed by atoms with Crippen LogP contribution < -0.4 is 0 Å². The predicted octanol–water partition coefficient (Wildman–Crippen LogP) is 4.14. The van der Waals surface area contributed by atoms with E-state index in [0.29, 0.717) is 6.04 Å². The third kappa shape index (κ3) is 3.31. The molecule has 2 aliphatic rings. The number of nitrogens with zero attached hydrogens (tertiary/aromatic N) is 2. The maximum absolute atomic E-state index is 2.62. The zero-order valence-electron chi connectivity index (χ0n) is 14.5. The largest absolute Gasteiger partial charge is 0.299 e. The van der Waals surface area contributed by atoms with E-state index in [-0.39, 0.29) is 0 Å². The fraction of sp³-hybridized carbons (Fsp3) is 0.364. The van der Waals surface area contributed by atoms with E-state index in [0.717, 1.165) is 13.1 Å². The smallest absolute Gasteiger partial charge is 0.0240 e. The molecule has 2 nitrogen and oxygen atoms in total. The molecule has 0 N–H and O–H groups in total. The van der Waals surface area contributed by atoms with Crippen molar-refractivity contribution < 1.29 is 0 Å². The molecule has 0 atom stereocenters. The number of fused-ring (bicyclic) bond motifs is 1. The highest BCUT2D eigenvalue weighted by molar-refractivity contribution is 5.96. The van der Waals surface area contributed by atoms with Crippen LogP contribution in [-0.4, -0.2) is 42.5 Å². The van der Waals surface area contributed by atoms with Crippen LogP contribution in [0.3, 0.4) is 0 Å². The Morgan fingerprint density at radius 3 is 2.42 bits per heavy atom. The van der Waals surface area contributed by atoms with E-state index in [1.165, 1.54) is 48.2 Å². The second-order valence-electron chi connectivity index (χ2n) is 7.16. The summed E-state index contributed by atoms with van der Waals surface area (Å²) < 4.78 is 0. The number of likely N-dealkylation sites (tertiary alicyclic amines) is 1. The van der Waals surface area contributed by atoms with Gasteiger partial charge < -0.3 is 0 Å². The number of hydrogen-bond donors (Lipinski definition) is 0. The van der Waals surface area contributed by atoms with Gasteiger partial charge in [0.05, 0.1) is 0 Å². The summed E-state index contributed by atoms with van der Waals surface area (Å²) in [6.45, 7) is 4.60. The van der Waals surface area contributed by atoms with Gasteiger partial charge in [0.25, 0.3) is 0 Å². The molecular formula is C22H26N2. The summed E-state index contributed by atoms with van der Waals surface area (Å²) in [6, 6.07) is 20.3. The van der Waals surface area contributed by atoms with Gasteiger partial charge in [-0.3, -0.25) is 9.80 Å². The molecule has 124 valence electrons. The maximum Gasteiger partial charge on any atom is 0.0240 e. The molecule has 0 aromatic heterocycles. The summed E-state index contributed by atoms with van der Waals surface area (Å²) in [6.07, 6.45) is 4.90. The minimum Gasteiger partial charge on any atom is -0.299 e. The number of benzene rings is 2. The lowest BCUT2D eigenvalue weighted by molar-refractivity contribution is 0.132. The summed E-state index contributed by atoms with van der Waals surface area (Å²) >= 11 is 0. The van der Waals surface area contributed by atoms with E-state index in [1.807, 2.05) is 0 Å². The quantitative estimate of drug-likeness (QED) is 0.817. The molecule has 2 aromatic rings. The molecule has 1 aliphatic heterocycles. The fourth-order valence-corrected chi connectivity index (χ4v) is 3.99. The minimum absolute atomic E-state index is 0.712. The van der Waals surface area contributed by atoms with E-state index in [9.17, 15) is 0 Å². The first-order valence-electron chi connectivity index (χ1n) is 9.06. The van der Waals surface area contributed by atoms with Crippen LogP contribution in [0.5, 0.6) is 0 Å². The topological polar surface area (TPSA) is 6.48 Å². The Bertz CT molecular complexity index is 712. The molecule has 24 heavy (non-hydrogen) atoms. The van der Waals surface area contributed by atoms with Gasteiger partial charge in [0, 0.05) is 19.1 Å². The molecule has 0 radical (unpaired) electrons. The van der Waals surface area contributed by atoms with E-state index in [4.69, 9.17) is 0 Å². The van der Waals surface area contributed by atoms with Crippen LogP contribution in [0.2, 0.25) is 0 Å². The van der Waals surface area contributed by atoms with Gasteiger partial charge in [0.15, 0.2) is 0 Å². The van der Waals surface area contributed by atoms with Crippen molar-refractivity contribution in [2.45, 2.75) is 25.4 Å². The molecule has 1 aliphatic carbocycles. The van der Waals surface area contributed by atoms with Gasteiger partial charge in [-0.1, -0.05) is 54.6 Å². The molecule has 2 aromatic carbocycles. The molecule has 0 amide bonds. The molecule has 2 heteroatoms. The van der Waals surface area contributed by atoms with Gasteiger partial charge >= 0.3 is 0 Å². The molecule has 0 unspecified atom stereocenters. The van der Waals surface area contributed by atoms with Crippen LogP contribution in [0.25, 0.3) is 11.6 Å².